The molecule has 0 unspecified atom stereocenters. The zero-order valence-electron chi connectivity index (χ0n) is 9.93. The molecule has 0 amide bonds. The fourth-order valence-electron chi connectivity index (χ4n) is 1.34. The van der Waals surface area contributed by atoms with E-state index in [0.717, 1.165) is 0 Å². The molecule has 0 saturated heterocycles. The van der Waals surface area contributed by atoms with E-state index in [2.05, 4.69) is 31.9 Å². The highest BCUT2D eigenvalue weighted by atomic mass is 79.9. The molecule has 4 nitrogen and oxygen atoms in total. The Morgan fingerprint density at radius 1 is 1.33 bits per heavy atom. The molecule has 0 radical (unpaired) electrons. The first-order valence-electron chi connectivity index (χ1n) is 5.18. The summed E-state index contributed by atoms with van der Waals surface area (Å²) in [7, 11) is -1.97. The van der Waals surface area contributed by atoms with Crippen molar-refractivity contribution in [2.24, 2.45) is 0 Å². The third-order valence-electron chi connectivity index (χ3n) is 2.54. The van der Waals surface area contributed by atoms with E-state index in [-0.39, 0.29) is 5.75 Å². The molecule has 0 bridgehead atoms. The highest BCUT2D eigenvalue weighted by Gasteiger charge is 2.45. The second-order valence-electron chi connectivity index (χ2n) is 3.64. The number of alkyl halides is 2. The Labute approximate surface area is 124 Å². The normalized spacial score (nSPS) is 14.3. The Morgan fingerprint density at radius 2 is 1.83 bits per heavy atom. The first-order valence-corrected chi connectivity index (χ1v) is 8.42. The van der Waals surface area contributed by atoms with Gasteiger partial charge in [-0.15, -0.1) is 0 Å². The molecular weight excluding hydrogens is 388 g/mol. The molecule has 0 spiro atoms. The number of methoxy groups -OCH3 is 1. The van der Waals surface area contributed by atoms with Crippen LogP contribution >= 0.6 is 31.9 Å². The summed E-state index contributed by atoms with van der Waals surface area (Å²) in [6.45, 7) is 1.52. The van der Waals surface area contributed by atoms with Gasteiger partial charge in [0.15, 0.2) is 9.84 Å². The largest absolute Gasteiger partial charge is 0.497 e. The van der Waals surface area contributed by atoms with Gasteiger partial charge < -0.3 is 9.84 Å². The van der Waals surface area contributed by atoms with Crippen LogP contribution in [-0.2, 0) is 9.84 Å². The van der Waals surface area contributed by atoms with E-state index in [1.165, 1.54) is 14.0 Å². The number of hydrogen-bond donors (Lipinski definition) is 1. The van der Waals surface area contributed by atoms with Crippen LogP contribution in [0.4, 0.5) is 0 Å². The molecule has 1 atom stereocenters. The highest BCUT2D eigenvalue weighted by Crippen LogP contribution is 2.44. The van der Waals surface area contributed by atoms with E-state index in [4.69, 9.17) is 4.74 Å². The molecule has 0 aliphatic carbocycles. The van der Waals surface area contributed by atoms with Gasteiger partial charge in [0.05, 0.1) is 7.11 Å². The second-order valence-corrected chi connectivity index (χ2v) is 10.7. The lowest BCUT2D eigenvalue weighted by Crippen LogP contribution is -2.33. The molecule has 0 fully saturated rings. The van der Waals surface area contributed by atoms with E-state index >= 15 is 0 Å². The highest BCUT2D eigenvalue weighted by molar-refractivity contribution is 9.28. The van der Waals surface area contributed by atoms with Gasteiger partial charge in [-0.25, -0.2) is 8.42 Å². The van der Waals surface area contributed by atoms with Gasteiger partial charge in [-0.3, -0.25) is 0 Å². The van der Waals surface area contributed by atoms with Crippen LogP contribution in [0.1, 0.15) is 18.6 Å². The van der Waals surface area contributed by atoms with Crippen LogP contribution in [0.3, 0.4) is 0 Å². The van der Waals surface area contributed by atoms with E-state index in [0.29, 0.717) is 11.3 Å². The van der Waals surface area contributed by atoms with Gasteiger partial charge in [-0.1, -0.05) is 50.9 Å². The smallest absolute Gasteiger partial charge is 0.210 e. The van der Waals surface area contributed by atoms with Crippen molar-refractivity contribution in [2.45, 2.75) is 15.6 Å². The first kappa shape index (κ1) is 15.9. The van der Waals surface area contributed by atoms with Gasteiger partial charge in [-0.2, -0.15) is 0 Å². The van der Waals surface area contributed by atoms with Crippen LogP contribution in [0.5, 0.6) is 5.75 Å². The quantitative estimate of drug-likeness (QED) is 0.770. The van der Waals surface area contributed by atoms with Crippen molar-refractivity contribution < 1.29 is 18.3 Å². The summed E-state index contributed by atoms with van der Waals surface area (Å²) >= 11 is 6.10. The van der Waals surface area contributed by atoms with Crippen LogP contribution in [0.2, 0.25) is 0 Å². The van der Waals surface area contributed by atoms with Crippen molar-refractivity contribution in [2.75, 3.05) is 12.9 Å². The van der Waals surface area contributed by atoms with Gasteiger partial charge in [0.1, 0.15) is 11.9 Å². The van der Waals surface area contributed by atoms with E-state index in [1.807, 2.05) is 0 Å². The van der Waals surface area contributed by atoms with Crippen molar-refractivity contribution >= 4 is 41.7 Å². The number of aliphatic hydroxyl groups is 1. The molecule has 0 aliphatic heterocycles. The second kappa shape index (κ2) is 5.90. The van der Waals surface area contributed by atoms with Crippen LogP contribution in [0, 0.1) is 0 Å². The van der Waals surface area contributed by atoms with Crippen LogP contribution in [0.25, 0.3) is 0 Å². The van der Waals surface area contributed by atoms with Crippen molar-refractivity contribution in [1.29, 1.82) is 0 Å². The van der Waals surface area contributed by atoms with Crippen molar-refractivity contribution in [3.05, 3.63) is 29.8 Å². The van der Waals surface area contributed by atoms with Crippen molar-refractivity contribution in [1.82, 2.24) is 0 Å². The van der Waals surface area contributed by atoms with Crippen LogP contribution in [0.15, 0.2) is 24.3 Å². The minimum absolute atomic E-state index is 0.0866. The first-order chi connectivity index (χ1) is 8.26. The summed E-state index contributed by atoms with van der Waals surface area (Å²) in [5.41, 5.74) is 0.474. The van der Waals surface area contributed by atoms with Gasteiger partial charge in [-0.05, 0) is 17.7 Å². The molecular formula is C11H14Br2O4S. The average Bonchev–Trinajstić information content (AvgIpc) is 2.37. The SMILES string of the molecule is CCS(=O)(=O)C(Br)(Br)[C@@H](O)c1ccc(OC)cc1. The van der Waals surface area contributed by atoms with Crippen LogP contribution in [-0.4, -0.2) is 29.0 Å². The lowest BCUT2D eigenvalue weighted by Gasteiger charge is -2.26. The van der Waals surface area contributed by atoms with E-state index < -0.39 is 18.5 Å². The zero-order valence-corrected chi connectivity index (χ0v) is 13.9. The third kappa shape index (κ3) is 3.07. The lowest BCUT2D eigenvalue weighted by molar-refractivity contribution is 0.188. The Morgan fingerprint density at radius 3 is 2.22 bits per heavy atom. The topological polar surface area (TPSA) is 63.6 Å². The number of hydrogen-bond acceptors (Lipinski definition) is 4. The maximum Gasteiger partial charge on any atom is 0.210 e. The van der Waals surface area contributed by atoms with E-state index in [9.17, 15) is 13.5 Å². The minimum atomic E-state index is -3.51. The summed E-state index contributed by atoms with van der Waals surface area (Å²) in [5, 5.41) is 10.2. The predicted molar refractivity (Wildman–Crippen MR) is 78.0 cm³/mol. The molecule has 1 N–H and O–H groups in total. The number of ether oxygens (including phenoxy) is 1. The predicted octanol–water partition coefficient (Wildman–Crippen LogP) is 2.61. The van der Waals surface area contributed by atoms with Crippen molar-refractivity contribution in [3.8, 4) is 5.75 Å². The molecule has 102 valence electrons. The van der Waals surface area contributed by atoms with Gasteiger partial charge in [0.2, 0.25) is 2.57 Å². The summed E-state index contributed by atoms with van der Waals surface area (Å²) in [4.78, 5) is 0. The number of aliphatic hydroxyl groups excluding tert-OH is 1. The van der Waals surface area contributed by atoms with E-state index in [1.54, 1.807) is 24.3 Å². The summed E-state index contributed by atoms with van der Waals surface area (Å²) in [5.74, 6) is 0.551. The molecule has 1 aromatic carbocycles. The number of sulfone groups is 1. The van der Waals surface area contributed by atoms with Crippen LogP contribution < -0.4 is 4.74 Å². The molecule has 18 heavy (non-hydrogen) atoms. The average molecular weight is 402 g/mol. The van der Waals surface area contributed by atoms with Crippen molar-refractivity contribution in [3.63, 3.8) is 0 Å². The number of benzene rings is 1. The Kier molecular flexibility index (Phi) is 5.22. The maximum absolute atomic E-state index is 11.9. The standard InChI is InChI=1S/C11H14Br2O4S/c1-3-18(15,16)11(12,13)10(14)8-4-6-9(17-2)7-5-8/h4-7,10,14H,3H2,1-2H3/t10-/m0/s1. The molecule has 0 heterocycles. The summed E-state index contributed by atoms with van der Waals surface area (Å²) < 4.78 is 27.2. The van der Waals surface area contributed by atoms with Gasteiger partial charge in [0, 0.05) is 5.75 Å². The molecule has 0 aliphatic rings. The summed E-state index contributed by atoms with van der Waals surface area (Å²) in [6, 6.07) is 6.55. The molecule has 7 heteroatoms. The Bertz CT molecular complexity index is 496. The molecule has 1 rings (SSSR count). The Balaban J connectivity index is 3.09. The maximum atomic E-state index is 11.9. The van der Waals surface area contributed by atoms with Gasteiger partial charge in [0.25, 0.3) is 0 Å². The number of rotatable bonds is 5. The monoisotopic (exact) mass is 400 g/mol. The molecule has 0 saturated carbocycles. The lowest BCUT2D eigenvalue weighted by atomic mass is 10.1. The third-order valence-corrected chi connectivity index (χ3v) is 8.18. The fraction of sp³-hybridized carbons (Fsp3) is 0.455. The Hall–Kier alpha value is -0.110. The number of halogens is 2. The molecule has 1 aromatic rings. The molecule has 0 aromatic heterocycles. The summed E-state index contributed by atoms with van der Waals surface area (Å²) in [6.07, 6.45) is -1.23. The van der Waals surface area contributed by atoms with Gasteiger partial charge >= 0.3 is 0 Å². The fourth-order valence-corrected chi connectivity index (χ4v) is 4.11. The minimum Gasteiger partial charge on any atom is -0.497 e. The zero-order chi connectivity index (χ0) is 14.0.